The lowest BCUT2D eigenvalue weighted by Gasteiger charge is -2.42. The highest BCUT2D eigenvalue weighted by molar-refractivity contribution is 7.17. The van der Waals surface area contributed by atoms with Crippen LogP contribution in [-0.4, -0.2) is 65.7 Å². The second kappa shape index (κ2) is 10.6. The van der Waals surface area contributed by atoms with Crippen molar-refractivity contribution in [2.24, 2.45) is 0 Å². The summed E-state index contributed by atoms with van der Waals surface area (Å²) in [6.45, 7) is 6.68. The molecule has 4 heterocycles. The van der Waals surface area contributed by atoms with Crippen molar-refractivity contribution in [1.82, 2.24) is 20.2 Å². The third kappa shape index (κ3) is 5.60. The lowest BCUT2D eigenvalue weighted by molar-refractivity contribution is -0.0105. The summed E-state index contributed by atoms with van der Waals surface area (Å²) in [5, 5.41) is 3.45. The number of nitrogens with one attached hydrogen (secondary N) is 1. The molecule has 2 saturated heterocycles. The number of aromatic nitrogens is 2. The Morgan fingerprint density at radius 2 is 2.03 bits per heavy atom. The van der Waals surface area contributed by atoms with Crippen LogP contribution in [0.25, 0.3) is 0 Å². The predicted octanol–water partition coefficient (Wildman–Crippen LogP) is 3.22. The second-order valence-corrected chi connectivity index (χ2v) is 9.21. The van der Waals surface area contributed by atoms with Crippen molar-refractivity contribution < 1.29 is 18.3 Å². The molecule has 2 aromatic heterocycles. The SMILES string of the molecule is CCO[C@H]1CCCN(C2CCN(c3ncc(C(=O)NCc4ncc(F)cc4F)s3)CC2)C1. The topological polar surface area (TPSA) is 70.6 Å². The van der Waals surface area contributed by atoms with Gasteiger partial charge in [-0.2, -0.15) is 0 Å². The Hall–Kier alpha value is -2.17. The predicted molar refractivity (Wildman–Crippen MR) is 119 cm³/mol. The van der Waals surface area contributed by atoms with Crippen LogP contribution in [0, 0.1) is 11.6 Å². The first-order valence-corrected chi connectivity index (χ1v) is 12.0. The maximum atomic E-state index is 13.7. The Morgan fingerprint density at radius 1 is 1.22 bits per heavy atom. The Labute approximate surface area is 190 Å². The quantitative estimate of drug-likeness (QED) is 0.677. The van der Waals surface area contributed by atoms with Gasteiger partial charge in [0, 0.05) is 38.3 Å². The fourth-order valence-electron chi connectivity index (χ4n) is 4.43. The molecule has 2 aromatic rings. The number of ether oxygens (including phenoxy) is 1. The summed E-state index contributed by atoms with van der Waals surface area (Å²) < 4.78 is 32.5. The second-order valence-electron chi connectivity index (χ2n) is 8.20. The van der Waals surface area contributed by atoms with Crippen LogP contribution >= 0.6 is 11.3 Å². The van der Waals surface area contributed by atoms with Gasteiger partial charge in [-0.05, 0) is 39.2 Å². The molecule has 0 aromatic carbocycles. The number of rotatable bonds is 7. The van der Waals surface area contributed by atoms with E-state index in [0.29, 0.717) is 17.0 Å². The van der Waals surface area contributed by atoms with E-state index in [9.17, 15) is 13.6 Å². The van der Waals surface area contributed by atoms with E-state index in [2.05, 4.69) is 32.0 Å². The number of pyridine rings is 1. The number of halogens is 2. The molecule has 2 aliphatic heterocycles. The summed E-state index contributed by atoms with van der Waals surface area (Å²) in [5.74, 6) is -1.87. The van der Waals surface area contributed by atoms with E-state index < -0.39 is 11.6 Å². The maximum Gasteiger partial charge on any atom is 0.263 e. The van der Waals surface area contributed by atoms with E-state index in [-0.39, 0.29) is 18.1 Å². The highest BCUT2D eigenvalue weighted by Crippen LogP contribution is 2.28. The molecule has 0 spiro atoms. The smallest absolute Gasteiger partial charge is 0.263 e. The van der Waals surface area contributed by atoms with Crippen LogP contribution in [-0.2, 0) is 11.3 Å². The van der Waals surface area contributed by atoms with Gasteiger partial charge in [-0.25, -0.2) is 13.8 Å². The van der Waals surface area contributed by atoms with Crippen LogP contribution in [0.2, 0.25) is 0 Å². The third-order valence-electron chi connectivity index (χ3n) is 6.08. The number of hydrogen-bond donors (Lipinski definition) is 1. The number of likely N-dealkylation sites (tertiary alicyclic amines) is 1. The Morgan fingerprint density at radius 3 is 2.78 bits per heavy atom. The molecule has 2 fully saturated rings. The molecule has 0 radical (unpaired) electrons. The average Bonchev–Trinajstić information content (AvgIpc) is 3.29. The van der Waals surface area contributed by atoms with Gasteiger partial charge in [-0.1, -0.05) is 11.3 Å². The first kappa shape index (κ1) is 23.0. The summed E-state index contributed by atoms with van der Waals surface area (Å²) in [4.78, 5) is 25.8. The molecule has 1 N–H and O–H groups in total. The minimum Gasteiger partial charge on any atom is -0.377 e. The first-order valence-electron chi connectivity index (χ1n) is 11.2. The van der Waals surface area contributed by atoms with E-state index in [4.69, 9.17) is 4.74 Å². The normalized spacial score (nSPS) is 20.5. The van der Waals surface area contributed by atoms with E-state index in [1.165, 1.54) is 17.8 Å². The van der Waals surface area contributed by atoms with Crippen LogP contribution in [0.1, 0.15) is 48.0 Å². The van der Waals surface area contributed by atoms with Crippen molar-refractivity contribution in [2.45, 2.75) is 51.3 Å². The van der Waals surface area contributed by atoms with Crippen LogP contribution in [0.5, 0.6) is 0 Å². The molecular formula is C22H29F2N5O2S. The molecule has 4 rings (SSSR count). The van der Waals surface area contributed by atoms with Crippen molar-refractivity contribution in [3.05, 3.63) is 40.7 Å². The number of carbonyl (C=O) groups is 1. The molecule has 0 bridgehead atoms. The average molecular weight is 466 g/mol. The highest BCUT2D eigenvalue weighted by atomic mass is 32.1. The zero-order chi connectivity index (χ0) is 22.5. The first-order chi connectivity index (χ1) is 15.5. The van der Waals surface area contributed by atoms with Gasteiger partial charge in [0.25, 0.3) is 5.91 Å². The van der Waals surface area contributed by atoms with Crippen molar-refractivity contribution >= 4 is 22.4 Å². The van der Waals surface area contributed by atoms with Gasteiger partial charge in [-0.15, -0.1) is 0 Å². The summed E-state index contributed by atoms with van der Waals surface area (Å²) in [6.07, 6.45) is 7.30. The number of piperidine rings is 2. The van der Waals surface area contributed by atoms with Crippen LogP contribution < -0.4 is 10.2 Å². The Bertz CT molecular complexity index is 917. The standard InChI is InChI=1S/C22H29F2N5O2S/c1-2-31-17-4-3-7-29(14-17)16-5-8-28(9-6-16)22-27-13-20(32-22)21(30)26-12-19-18(24)10-15(23)11-25-19/h10-11,13,16-17H,2-9,12,14H2,1H3,(H,26,30)/t17-/m0/s1. The van der Waals surface area contributed by atoms with Crippen LogP contribution in [0.3, 0.4) is 0 Å². The monoisotopic (exact) mass is 465 g/mol. The van der Waals surface area contributed by atoms with Gasteiger partial charge >= 0.3 is 0 Å². The summed E-state index contributed by atoms with van der Waals surface area (Å²) in [5.41, 5.74) is -0.00384. The molecule has 10 heteroatoms. The largest absolute Gasteiger partial charge is 0.377 e. The zero-order valence-corrected chi connectivity index (χ0v) is 19.0. The lowest BCUT2D eigenvalue weighted by Crippen LogP contribution is -2.50. The van der Waals surface area contributed by atoms with Gasteiger partial charge < -0.3 is 15.0 Å². The minimum atomic E-state index is -0.778. The zero-order valence-electron chi connectivity index (χ0n) is 18.2. The van der Waals surface area contributed by atoms with E-state index in [1.54, 1.807) is 6.20 Å². The molecule has 174 valence electrons. The van der Waals surface area contributed by atoms with Gasteiger partial charge in [0.15, 0.2) is 5.13 Å². The highest BCUT2D eigenvalue weighted by Gasteiger charge is 2.30. The fraction of sp³-hybridized carbons (Fsp3) is 0.591. The minimum absolute atomic E-state index is 0.00384. The molecule has 1 atom stereocenters. The summed E-state index contributed by atoms with van der Waals surface area (Å²) in [7, 11) is 0. The van der Waals surface area contributed by atoms with Crippen LogP contribution in [0.4, 0.5) is 13.9 Å². The van der Waals surface area contributed by atoms with E-state index in [1.807, 2.05) is 0 Å². The van der Waals surface area contributed by atoms with Gasteiger partial charge in [0.1, 0.15) is 16.5 Å². The molecule has 32 heavy (non-hydrogen) atoms. The number of anilines is 1. The maximum absolute atomic E-state index is 13.7. The van der Waals surface area contributed by atoms with Crippen molar-refractivity contribution in [3.63, 3.8) is 0 Å². The van der Waals surface area contributed by atoms with Crippen LogP contribution in [0.15, 0.2) is 18.5 Å². The van der Waals surface area contributed by atoms with E-state index >= 15 is 0 Å². The Balaban J connectivity index is 1.27. The summed E-state index contributed by atoms with van der Waals surface area (Å²) in [6, 6.07) is 1.32. The van der Waals surface area contributed by atoms with Crippen molar-refractivity contribution in [2.75, 3.05) is 37.7 Å². The third-order valence-corrected chi connectivity index (χ3v) is 7.14. The number of thiazole rings is 1. The molecule has 0 saturated carbocycles. The molecule has 1 amide bonds. The van der Waals surface area contributed by atoms with Gasteiger partial charge in [-0.3, -0.25) is 14.7 Å². The summed E-state index contributed by atoms with van der Waals surface area (Å²) >= 11 is 1.33. The van der Waals surface area contributed by atoms with Gasteiger partial charge in [0.2, 0.25) is 0 Å². The Kier molecular flexibility index (Phi) is 7.64. The van der Waals surface area contributed by atoms with Crippen molar-refractivity contribution in [1.29, 1.82) is 0 Å². The fourth-order valence-corrected chi connectivity index (χ4v) is 5.32. The number of carbonyl (C=O) groups excluding carboxylic acids is 1. The van der Waals surface area contributed by atoms with E-state index in [0.717, 1.165) is 69.4 Å². The molecular weight excluding hydrogens is 436 g/mol. The lowest BCUT2D eigenvalue weighted by atomic mass is 9.99. The molecule has 0 aliphatic carbocycles. The van der Waals surface area contributed by atoms with Crippen molar-refractivity contribution in [3.8, 4) is 0 Å². The number of amides is 1. The molecule has 0 unspecified atom stereocenters. The molecule has 2 aliphatic rings. The number of nitrogens with zero attached hydrogens (tertiary/aromatic N) is 4. The number of hydrogen-bond acceptors (Lipinski definition) is 7. The van der Waals surface area contributed by atoms with Gasteiger partial charge in [0.05, 0.1) is 30.7 Å². The molecule has 7 nitrogen and oxygen atoms in total.